The number of hydrogen-bond donors (Lipinski definition) is 0. The van der Waals surface area contributed by atoms with Gasteiger partial charge in [-0.3, -0.25) is 4.79 Å². The van der Waals surface area contributed by atoms with Gasteiger partial charge in [0, 0.05) is 48.9 Å². The molecule has 4 atom stereocenters. The lowest BCUT2D eigenvalue weighted by atomic mass is 10.0. The summed E-state index contributed by atoms with van der Waals surface area (Å²) in [6, 6.07) is 12.7. The minimum Gasteiger partial charge on any atom is -0.462 e. The Morgan fingerprint density at radius 3 is 2.76 bits per heavy atom. The number of hydrogen-bond acceptors (Lipinski definition) is 8. The molecule has 0 N–H and O–H groups in total. The van der Waals surface area contributed by atoms with E-state index in [2.05, 4.69) is 57.4 Å². The minimum atomic E-state index is -0.489. The van der Waals surface area contributed by atoms with Gasteiger partial charge in [0.25, 0.3) is 5.91 Å². The first-order chi connectivity index (χ1) is 21.9. The quantitative estimate of drug-likeness (QED) is 0.209. The summed E-state index contributed by atoms with van der Waals surface area (Å²) in [6.07, 6.45) is 3.94. The predicted molar refractivity (Wildman–Crippen MR) is 175 cm³/mol. The number of amides is 1. The Labute approximate surface area is 269 Å². The molecular formula is C34H38ClN7O3. The molecule has 234 valence electrons. The van der Waals surface area contributed by atoms with E-state index in [1.807, 2.05) is 17.0 Å². The molecule has 11 heteroatoms. The molecule has 3 fully saturated rings. The summed E-state index contributed by atoms with van der Waals surface area (Å²) in [4.78, 5) is 35.6. The number of ether oxygens (including phenoxy) is 2. The Hall–Kier alpha value is -3.91. The van der Waals surface area contributed by atoms with Crippen molar-refractivity contribution in [2.24, 2.45) is 0 Å². The fourth-order valence-electron chi connectivity index (χ4n) is 7.09. The molecule has 4 aliphatic rings. The lowest BCUT2D eigenvalue weighted by Gasteiger charge is -2.41. The summed E-state index contributed by atoms with van der Waals surface area (Å²) < 4.78 is 11.8. The van der Waals surface area contributed by atoms with Crippen LogP contribution < -0.4 is 14.5 Å². The van der Waals surface area contributed by atoms with Crippen LogP contribution in [0.3, 0.4) is 0 Å². The van der Waals surface area contributed by atoms with Crippen molar-refractivity contribution >= 4 is 39.8 Å². The zero-order valence-corrected chi connectivity index (χ0v) is 26.3. The van der Waals surface area contributed by atoms with Crippen molar-refractivity contribution in [1.82, 2.24) is 19.8 Å². The first-order valence-electron chi connectivity index (χ1n) is 15.8. The average molecular weight is 628 g/mol. The van der Waals surface area contributed by atoms with Crippen molar-refractivity contribution in [2.45, 2.75) is 50.1 Å². The molecule has 7 rings (SSSR count). The molecule has 45 heavy (non-hydrogen) atoms. The van der Waals surface area contributed by atoms with Gasteiger partial charge in [-0.15, -0.1) is 6.58 Å². The van der Waals surface area contributed by atoms with Gasteiger partial charge in [-0.1, -0.05) is 41.9 Å². The number of carbonyl (C=O) groups is 1. The fraction of sp³-hybridized carbons (Fsp3) is 0.471. The first-order valence-corrected chi connectivity index (χ1v) is 16.1. The van der Waals surface area contributed by atoms with Gasteiger partial charge in [0.15, 0.2) is 6.10 Å². The molecule has 0 saturated carbocycles. The Kier molecular flexibility index (Phi) is 8.25. The first kappa shape index (κ1) is 29.8. The number of halogens is 1. The Morgan fingerprint density at radius 2 is 2.00 bits per heavy atom. The van der Waals surface area contributed by atoms with Crippen LogP contribution in [0.25, 0.3) is 15.6 Å². The number of carbonyl (C=O) groups excluding carboxylic acids is 1. The van der Waals surface area contributed by atoms with E-state index in [1.165, 1.54) is 0 Å². The van der Waals surface area contributed by atoms with Gasteiger partial charge in [-0.05, 0) is 50.4 Å². The number of likely N-dealkylation sites (tertiary alicyclic amines) is 1. The number of likely N-dealkylation sites (N-methyl/N-ethyl adjacent to an activating group) is 1. The van der Waals surface area contributed by atoms with E-state index in [9.17, 15) is 4.79 Å². The maximum Gasteiger partial charge on any atom is 0.318 e. The van der Waals surface area contributed by atoms with Crippen LogP contribution in [0.2, 0.25) is 5.02 Å². The van der Waals surface area contributed by atoms with Gasteiger partial charge in [0.1, 0.15) is 24.6 Å². The van der Waals surface area contributed by atoms with Crippen molar-refractivity contribution in [1.29, 1.82) is 0 Å². The number of benzene rings is 2. The summed E-state index contributed by atoms with van der Waals surface area (Å²) in [5.74, 6) is 0.783. The molecule has 3 aromatic rings. The van der Waals surface area contributed by atoms with Gasteiger partial charge in [0.2, 0.25) is 6.54 Å². The summed E-state index contributed by atoms with van der Waals surface area (Å²) in [6.45, 7) is 16.2. The molecule has 0 aliphatic carbocycles. The van der Waals surface area contributed by atoms with Gasteiger partial charge in [-0.25, -0.2) is 6.57 Å². The Bertz CT molecular complexity index is 1660. The highest BCUT2D eigenvalue weighted by Gasteiger charge is 2.48. The highest BCUT2D eigenvalue weighted by atomic mass is 35.5. The van der Waals surface area contributed by atoms with E-state index in [1.54, 1.807) is 6.08 Å². The third-order valence-corrected chi connectivity index (χ3v) is 9.96. The lowest BCUT2D eigenvalue weighted by Crippen LogP contribution is -2.58. The minimum absolute atomic E-state index is 0.0630. The van der Waals surface area contributed by atoms with Gasteiger partial charge in [-0.2, -0.15) is 9.97 Å². The zero-order chi connectivity index (χ0) is 31.1. The van der Waals surface area contributed by atoms with E-state index in [-0.39, 0.29) is 24.6 Å². The monoisotopic (exact) mass is 627 g/mol. The number of anilines is 2. The van der Waals surface area contributed by atoms with Crippen molar-refractivity contribution in [3.05, 3.63) is 76.8 Å². The van der Waals surface area contributed by atoms with E-state index < -0.39 is 6.10 Å². The molecule has 0 radical (unpaired) electrons. The number of piperazine rings is 1. The van der Waals surface area contributed by atoms with Crippen LogP contribution in [-0.2, 0) is 22.5 Å². The molecule has 2 aromatic carbocycles. The third kappa shape index (κ3) is 5.81. The van der Waals surface area contributed by atoms with Crippen LogP contribution >= 0.6 is 11.6 Å². The second-order valence-electron chi connectivity index (χ2n) is 12.4. The smallest absolute Gasteiger partial charge is 0.318 e. The number of rotatable bonds is 8. The average Bonchev–Trinajstić information content (AvgIpc) is 3.74. The highest BCUT2D eigenvalue weighted by Crippen LogP contribution is 2.37. The van der Waals surface area contributed by atoms with E-state index >= 15 is 0 Å². The normalized spacial score (nSPS) is 24.8. The molecule has 3 saturated heterocycles. The number of fused-ring (bicyclic) bond motifs is 2. The molecule has 10 nitrogen and oxygen atoms in total. The SMILES string of the molecule is [C-]#[N+]C[C@H]1CN(c2nc(OC[C@@H]3CCCN3C)nc3c2CCN(c2cccc4cccc(Cl)c24)C3)CCN1C(=O)[C@@H]1O[C@@H]1C=C. The number of epoxide rings is 1. The predicted octanol–water partition coefficient (Wildman–Crippen LogP) is 4.21. The maximum absolute atomic E-state index is 13.2. The lowest BCUT2D eigenvalue weighted by molar-refractivity contribution is -0.135. The highest BCUT2D eigenvalue weighted by molar-refractivity contribution is 6.36. The molecule has 0 unspecified atom stereocenters. The molecular weight excluding hydrogens is 590 g/mol. The second-order valence-corrected chi connectivity index (χ2v) is 12.8. The molecule has 0 spiro atoms. The summed E-state index contributed by atoms with van der Waals surface area (Å²) in [5, 5.41) is 2.88. The number of aromatic nitrogens is 2. The molecule has 1 aromatic heterocycles. The van der Waals surface area contributed by atoms with Crippen LogP contribution in [0.15, 0.2) is 49.1 Å². The van der Waals surface area contributed by atoms with Crippen LogP contribution in [0.1, 0.15) is 24.1 Å². The van der Waals surface area contributed by atoms with Crippen molar-refractivity contribution in [3.8, 4) is 6.01 Å². The van der Waals surface area contributed by atoms with Crippen molar-refractivity contribution in [3.63, 3.8) is 0 Å². The molecule has 1 amide bonds. The van der Waals surface area contributed by atoms with Crippen LogP contribution in [0.4, 0.5) is 11.5 Å². The largest absolute Gasteiger partial charge is 0.462 e. The molecule has 0 bridgehead atoms. The van der Waals surface area contributed by atoms with Crippen LogP contribution in [0, 0.1) is 6.57 Å². The topological polar surface area (TPSA) is 81.9 Å². The van der Waals surface area contributed by atoms with Gasteiger partial charge < -0.3 is 33.9 Å². The third-order valence-electron chi connectivity index (χ3n) is 9.64. The fourth-order valence-corrected chi connectivity index (χ4v) is 7.36. The van der Waals surface area contributed by atoms with Crippen molar-refractivity contribution in [2.75, 3.05) is 62.7 Å². The van der Waals surface area contributed by atoms with Gasteiger partial charge in [0.05, 0.1) is 17.3 Å². The summed E-state index contributed by atoms with van der Waals surface area (Å²) >= 11 is 6.72. The van der Waals surface area contributed by atoms with E-state index in [0.29, 0.717) is 44.8 Å². The Balaban J connectivity index is 1.19. The van der Waals surface area contributed by atoms with Gasteiger partial charge >= 0.3 is 6.01 Å². The summed E-state index contributed by atoms with van der Waals surface area (Å²) in [5.41, 5.74) is 3.12. The molecule has 5 heterocycles. The van der Waals surface area contributed by atoms with Crippen LogP contribution in [0.5, 0.6) is 6.01 Å². The number of nitrogens with zero attached hydrogens (tertiary/aromatic N) is 7. The van der Waals surface area contributed by atoms with Crippen LogP contribution in [-0.4, -0.2) is 103 Å². The second kappa shape index (κ2) is 12.5. The van der Waals surface area contributed by atoms with E-state index in [4.69, 9.17) is 37.6 Å². The van der Waals surface area contributed by atoms with Crippen molar-refractivity contribution < 1.29 is 14.3 Å². The molecule has 4 aliphatic heterocycles. The maximum atomic E-state index is 13.2. The summed E-state index contributed by atoms with van der Waals surface area (Å²) in [7, 11) is 2.13. The standard InChI is InChI=1S/C34H38ClN7O3/c1-4-29-31(45-29)33(43)42-17-16-41(19-24(42)18-36-2)32-25-13-15-40(28-12-6-9-22-8-5-11-26(35)30(22)28)20-27(25)37-34(38-32)44-21-23-10-7-14-39(23)3/h4-6,8-9,11-12,23-24,29,31H,1,7,10,13-21H2,3H3/t23-,24-,29+,31+/m0/s1. The van der Waals surface area contributed by atoms with E-state index in [0.717, 1.165) is 70.9 Å². The Morgan fingerprint density at radius 1 is 1.16 bits per heavy atom. The zero-order valence-electron chi connectivity index (χ0n) is 25.6.